The first-order chi connectivity index (χ1) is 13.3. The highest BCUT2D eigenvalue weighted by atomic mass is 32.2. The third-order valence-corrected chi connectivity index (χ3v) is 6.88. The predicted octanol–water partition coefficient (Wildman–Crippen LogP) is 2.03. The molecule has 0 saturated carbocycles. The largest absolute Gasteiger partial charge is 0.335 e. The zero-order valence-electron chi connectivity index (χ0n) is 15.8. The molecule has 28 heavy (non-hydrogen) atoms. The molecule has 2 aromatic rings. The Bertz CT molecular complexity index is 947. The van der Waals surface area contributed by atoms with Crippen molar-refractivity contribution < 1.29 is 18.0 Å². The average Bonchev–Trinajstić information content (AvgIpc) is 3.21. The van der Waals surface area contributed by atoms with Crippen LogP contribution in [0.2, 0.25) is 0 Å². The second-order valence-corrected chi connectivity index (χ2v) is 9.53. The van der Waals surface area contributed by atoms with Crippen molar-refractivity contribution in [3.8, 4) is 0 Å². The lowest BCUT2D eigenvalue weighted by Gasteiger charge is -2.34. The lowest BCUT2D eigenvalue weighted by molar-refractivity contribution is 0.0538. The average molecular weight is 422 g/mol. The molecule has 0 radical (unpaired) electrons. The van der Waals surface area contributed by atoms with E-state index < -0.39 is 10.0 Å². The highest BCUT2D eigenvalue weighted by molar-refractivity contribution is 7.89. The second kappa shape index (κ2) is 8.42. The van der Waals surface area contributed by atoms with E-state index in [1.54, 1.807) is 41.8 Å². The number of carbonyl (C=O) groups excluding carboxylic acids is 2. The number of carbonyl (C=O) groups is 2. The SMILES string of the molecule is CC(C)NS(=O)(=O)c1cccc(C(=O)N2CCN(C(=O)c3cccs3)CC2)c1. The van der Waals surface area contributed by atoms with Gasteiger partial charge in [-0.3, -0.25) is 9.59 Å². The molecule has 1 N–H and O–H groups in total. The van der Waals surface area contributed by atoms with Crippen molar-refractivity contribution in [3.05, 3.63) is 52.2 Å². The van der Waals surface area contributed by atoms with Gasteiger partial charge in [-0.15, -0.1) is 11.3 Å². The molecule has 0 bridgehead atoms. The first-order valence-electron chi connectivity index (χ1n) is 9.02. The van der Waals surface area contributed by atoms with E-state index in [0.29, 0.717) is 36.6 Å². The van der Waals surface area contributed by atoms with Gasteiger partial charge in [-0.25, -0.2) is 13.1 Å². The number of sulfonamides is 1. The van der Waals surface area contributed by atoms with Crippen LogP contribution in [0.4, 0.5) is 0 Å². The van der Waals surface area contributed by atoms with Crippen molar-refractivity contribution in [3.63, 3.8) is 0 Å². The summed E-state index contributed by atoms with van der Waals surface area (Å²) in [4.78, 5) is 29.4. The smallest absolute Gasteiger partial charge is 0.264 e. The van der Waals surface area contributed by atoms with Gasteiger partial charge in [0.1, 0.15) is 0 Å². The number of nitrogens with one attached hydrogen (secondary N) is 1. The maximum atomic E-state index is 12.8. The summed E-state index contributed by atoms with van der Waals surface area (Å²) in [6.45, 7) is 5.21. The first-order valence-corrected chi connectivity index (χ1v) is 11.4. The fourth-order valence-electron chi connectivity index (χ4n) is 3.03. The van der Waals surface area contributed by atoms with Crippen LogP contribution in [0.3, 0.4) is 0 Å². The Labute approximate surface area is 169 Å². The van der Waals surface area contributed by atoms with Gasteiger partial charge in [0.15, 0.2) is 0 Å². The summed E-state index contributed by atoms with van der Waals surface area (Å²) in [5.41, 5.74) is 0.324. The summed E-state index contributed by atoms with van der Waals surface area (Å²) < 4.78 is 27.2. The van der Waals surface area contributed by atoms with Gasteiger partial charge in [-0.2, -0.15) is 0 Å². The quantitative estimate of drug-likeness (QED) is 0.800. The van der Waals surface area contributed by atoms with Crippen LogP contribution in [0, 0.1) is 0 Å². The minimum Gasteiger partial charge on any atom is -0.335 e. The molecule has 1 aliphatic rings. The molecule has 1 aromatic carbocycles. The number of nitrogens with zero attached hydrogens (tertiary/aromatic N) is 2. The fourth-order valence-corrected chi connectivity index (χ4v) is 5.01. The van der Waals surface area contributed by atoms with Crippen molar-refractivity contribution in [2.24, 2.45) is 0 Å². The first kappa shape index (κ1) is 20.5. The van der Waals surface area contributed by atoms with Crippen LogP contribution < -0.4 is 4.72 Å². The maximum absolute atomic E-state index is 12.8. The van der Waals surface area contributed by atoms with Crippen molar-refractivity contribution >= 4 is 33.2 Å². The van der Waals surface area contributed by atoms with Gasteiger partial charge < -0.3 is 9.80 Å². The summed E-state index contributed by atoms with van der Waals surface area (Å²) >= 11 is 1.40. The molecule has 1 aromatic heterocycles. The van der Waals surface area contributed by atoms with E-state index >= 15 is 0 Å². The van der Waals surface area contributed by atoms with Gasteiger partial charge in [-0.1, -0.05) is 12.1 Å². The Hall–Kier alpha value is -2.23. The van der Waals surface area contributed by atoms with Crippen LogP contribution in [0.15, 0.2) is 46.7 Å². The van der Waals surface area contributed by atoms with Crippen molar-refractivity contribution in [1.82, 2.24) is 14.5 Å². The summed E-state index contributed by atoms with van der Waals surface area (Å²) in [5.74, 6) is -0.250. The zero-order valence-corrected chi connectivity index (χ0v) is 17.4. The Morgan fingerprint density at radius 3 is 2.21 bits per heavy atom. The fraction of sp³-hybridized carbons (Fsp3) is 0.368. The number of piperazine rings is 1. The molecule has 2 heterocycles. The van der Waals surface area contributed by atoms with Crippen LogP contribution in [0.5, 0.6) is 0 Å². The molecule has 0 atom stereocenters. The van der Waals surface area contributed by atoms with E-state index in [0.717, 1.165) is 0 Å². The Morgan fingerprint density at radius 2 is 1.64 bits per heavy atom. The minimum atomic E-state index is -3.66. The minimum absolute atomic E-state index is 0.0186. The molecule has 1 aliphatic heterocycles. The van der Waals surface area contributed by atoms with Gasteiger partial charge in [0.2, 0.25) is 10.0 Å². The molecule has 0 aliphatic carbocycles. The number of amides is 2. The molecular weight excluding hydrogens is 398 g/mol. The van der Waals surface area contributed by atoms with Crippen molar-refractivity contribution in [2.75, 3.05) is 26.2 Å². The van der Waals surface area contributed by atoms with Crippen LogP contribution >= 0.6 is 11.3 Å². The van der Waals surface area contributed by atoms with E-state index in [1.165, 1.54) is 23.5 Å². The Balaban J connectivity index is 1.67. The Kier molecular flexibility index (Phi) is 6.17. The van der Waals surface area contributed by atoms with E-state index in [9.17, 15) is 18.0 Å². The summed E-state index contributed by atoms with van der Waals surface area (Å²) in [5, 5.41) is 1.86. The molecular formula is C19H23N3O4S2. The number of hydrogen-bond acceptors (Lipinski definition) is 5. The van der Waals surface area contributed by atoms with Crippen LogP contribution in [0.25, 0.3) is 0 Å². The highest BCUT2D eigenvalue weighted by Gasteiger charge is 2.26. The van der Waals surface area contributed by atoms with Gasteiger partial charge in [0, 0.05) is 37.8 Å². The van der Waals surface area contributed by atoms with Gasteiger partial charge in [-0.05, 0) is 43.5 Å². The molecule has 0 unspecified atom stereocenters. The molecule has 150 valence electrons. The van der Waals surface area contributed by atoms with E-state index in [1.807, 2.05) is 11.4 Å². The standard InChI is InChI=1S/C19H23N3O4S2/c1-14(2)20-28(25,26)16-6-3-5-15(13-16)18(23)21-8-10-22(11-9-21)19(24)17-7-4-12-27-17/h3-7,12-14,20H,8-11H2,1-2H3. The number of thiophene rings is 1. The zero-order chi connectivity index (χ0) is 20.3. The van der Waals surface area contributed by atoms with Crippen molar-refractivity contribution in [2.45, 2.75) is 24.8 Å². The van der Waals surface area contributed by atoms with Crippen molar-refractivity contribution in [1.29, 1.82) is 0 Å². The number of hydrogen-bond donors (Lipinski definition) is 1. The van der Waals surface area contributed by atoms with E-state index in [-0.39, 0.29) is 22.8 Å². The normalized spacial score (nSPS) is 15.1. The summed E-state index contributed by atoms with van der Waals surface area (Å²) in [6, 6.07) is 9.45. The predicted molar refractivity (Wildman–Crippen MR) is 108 cm³/mol. The molecule has 7 nitrogen and oxygen atoms in total. The second-order valence-electron chi connectivity index (χ2n) is 6.87. The van der Waals surface area contributed by atoms with Gasteiger partial charge in [0.25, 0.3) is 11.8 Å². The third-order valence-electron chi connectivity index (χ3n) is 4.37. The summed E-state index contributed by atoms with van der Waals surface area (Å²) in [7, 11) is -3.66. The molecule has 1 fully saturated rings. The van der Waals surface area contributed by atoms with Gasteiger partial charge >= 0.3 is 0 Å². The summed E-state index contributed by atoms with van der Waals surface area (Å²) in [6.07, 6.45) is 0. The van der Waals surface area contributed by atoms with Crippen LogP contribution in [-0.4, -0.2) is 62.3 Å². The van der Waals surface area contributed by atoms with Gasteiger partial charge in [0.05, 0.1) is 9.77 Å². The lowest BCUT2D eigenvalue weighted by atomic mass is 10.2. The van der Waals surface area contributed by atoms with E-state index in [2.05, 4.69) is 4.72 Å². The van der Waals surface area contributed by atoms with Crippen LogP contribution in [-0.2, 0) is 10.0 Å². The maximum Gasteiger partial charge on any atom is 0.264 e. The van der Waals surface area contributed by atoms with Crippen LogP contribution in [0.1, 0.15) is 33.9 Å². The number of benzene rings is 1. The lowest BCUT2D eigenvalue weighted by Crippen LogP contribution is -2.50. The molecule has 0 spiro atoms. The van der Waals surface area contributed by atoms with E-state index in [4.69, 9.17) is 0 Å². The molecule has 1 saturated heterocycles. The highest BCUT2D eigenvalue weighted by Crippen LogP contribution is 2.17. The molecule has 2 amide bonds. The third kappa shape index (κ3) is 4.60. The topological polar surface area (TPSA) is 86.8 Å². The monoisotopic (exact) mass is 421 g/mol. The number of rotatable bonds is 5. The Morgan fingerprint density at radius 1 is 1.00 bits per heavy atom. The molecule has 9 heteroatoms. The molecule has 3 rings (SSSR count).